The summed E-state index contributed by atoms with van der Waals surface area (Å²) >= 11 is 0. The van der Waals surface area contributed by atoms with Gasteiger partial charge < -0.3 is 10.1 Å². The van der Waals surface area contributed by atoms with Crippen LogP contribution in [-0.4, -0.2) is 19.9 Å². The van der Waals surface area contributed by atoms with E-state index < -0.39 is 21.3 Å². The Bertz CT molecular complexity index is 789. The molecule has 140 valence electrons. The molecule has 2 aromatic carbocycles. The molecule has 1 amide bonds. The summed E-state index contributed by atoms with van der Waals surface area (Å²) in [6.45, 7) is 4.12. The molecule has 0 spiro atoms. The Morgan fingerprint density at radius 3 is 2.12 bits per heavy atom. The van der Waals surface area contributed by atoms with Crippen molar-refractivity contribution in [2.75, 3.05) is 0 Å². The van der Waals surface area contributed by atoms with Gasteiger partial charge in [0.1, 0.15) is 12.0 Å². The first-order valence-electron chi connectivity index (χ1n) is 8.65. The monoisotopic (exact) mass is 375 g/mol. The highest BCUT2D eigenvalue weighted by Crippen LogP contribution is 2.20. The standard InChI is InChI=1S/C20H25NO4S/c1-16(2)13-14-19(26(23,24)18-11-7-4-8-12-18)21-20(22)25-15-17-9-5-3-6-10-17/h3-12,16,19H,13-15H2,1-2H3,(H,21,22). The van der Waals surface area contributed by atoms with E-state index in [1.54, 1.807) is 18.2 Å². The number of benzene rings is 2. The lowest BCUT2D eigenvalue weighted by Crippen LogP contribution is -2.41. The van der Waals surface area contributed by atoms with Crippen LogP contribution in [0.25, 0.3) is 0 Å². The molecule has 0 fully saturated rings. The molecule has 26 heavy (non-hydrogen) atoms. The lowest BCUT2D eigenvalue weighted by atomic mass is 10.1. The Balaban J connectivity index is 2.08. The molecule has 6 heteroatoms. The first-order valence-corrected chi connectivity index (χ1v) is 10.2. The number of nitrogens with one attached hydrogen (secondary N) is 1. The van der Waals surface area contributed by atoms with Crippen molar-refractivity contribution in [2.24, 2.45) is 5.92 Å². The molecule has 0 aliphatic heterocycles. The number of sulfone groups is 1. The summed E-state index contributed by atoms with van der Waals surface area (Å²) in [6, 6.07) is 17.4. The highest BCUT2D eigenvalue weighted by molar-refractivity contribution is 7.92. The molecular formula is C20H25NO4S. The summed E-state index contributed by atoms with van der Waals surface area (Å²) in [7, 11) is -3.69. The van der Waals surface area contributed by atoms with Gasteiger partial charge in [0, 0.05) is 0 Å². The zero-order valence-corrected chi connectivity index (χ0v) is 15.9. The Labute approximate surface area is 155 Å². The minimum atomic E-state index is -3.69. The van der Waals surface area contributed by atoms with Gasteiger partial charge in [0.25, 0.3) is 0 Å². The minimum Gasteiger partial charge on any atom is -0.445 e. The Morgan fingerprint density at radius 1 is 0.962 bits per heavy atom. The van der Waals surface area contributed by atoms with E-state index in [0.717, 1.165) is 5.56 Å². The van der Waals surface area contributed by atoms with Gasteiger partial charge in [-0.15, -0.1) is 0 Å². The highest BCUT2D eigenvalue weighted by Gasteiger charge is 2.29. The van der Waals surface area contributed by atoms with Gasteiger partial charge in [0.05, 0.1) is 4.90 Å². The van der Waals surface area contributed by atoms with Crippen LogP contribution in [-0.2, 0) is 21.2 Å². The largest absolute Gasteiger partial charge is 0.445 e. The van der Waals surface area contributed by atoms with Crippen molar-refractivity contribution >= 4 is 15.9 Å². The maximum Gasteiger partial charge on any atom is 0.408 e. The third kappa shape index (κ3) is 5.88. The fourth-order valence-corrected chi connectivity index (χ4v) is 4.02. The van der Waals surface area contributed by atoms with E-state index in [0.29, 0.717) is 18.8 Å². The zero-order valence-electron chi connectivity index (χ0n) is 15.1. The maximum absolute atomic E-state index is 12.9. The molecule has 0 bridgehead atoms. The quantitative estimate of drug-likeness (QED) is 0.752. The number of carbonyl (C=O) groups is 1. The number of alkyl carbamates (subject to hydrolysis) is 1. The number of hydrogen-bond donors (Lipinski definition) is 1. The second-order valence-corrected chi connectivity index (χ2v) is 8.65. The number of hydrogen-bond acceptors (Lipinski definition) is 4. The third-order valence-corrected chi connectivity index (χ3v) is 5.98. The van der Waals surface area contributed by atoms with E-state index in [1.807, 2.05) is 44.2 Å². The normalized spacial score (nSPS) is 12.6. The molecule has 0 aliphatic rings. The van der Waals surface area contributed by atoms with Gasteiger partial charge in [-0.25, -0.2) is 13.2 Å². The number of ether oxygens (including phenoxy) is 1. The van der Waals surface area contributed by atoms with Gasteiger partial charge >= 0.3 is 6.09 Å². The lowest BCUT2D eigenvalue weighted by Gasteiger charge is -2.20. The van der Waals surface area contributed by atoms with E-state index in [-0.39, 0.29) is 11.5 Å². The van der Waals surface area contributed by atoms with Crippen molar-refractivity contribution in [2.45, 2.75) is 43.6 Å². The van der Waals surface area contributed by atoms with Crippen molar-refractivity contribution < 1.29 is 17.9 Å². The van der Waals surface area contributed by atoms with Crippen LogP contribution in [0.15, 0.2) is 65.6 Å². The third-order valence-electron chi connectivity index (χ3n) is 3.94. The second kappa shape index (κ2) is 9.38. The van der Waals surface area contributed by atoms with Crippen LogP contribution in [0, 0.1) is 5.92 Å². The smallest absolute Gasteiger partial charge is 0.408 e. The average Bonchev–Trinajstić information content (AvgIpc) is 2.64. The van der Waals surface area contributed by atoms with Crippen LogP contribution in [0.2, 0.25) is 0 Å². The molecule has 0 heterocycles. The molecule has 2 aromatic rings. The Morgan fingerprint density at radius 2 is 1.54 bits per heavy atom. The topological polar surface area (TPSA) is 72.5 Å². The zero-order chi connectivity index (χ0) is 19.0. The summed E-state index contributed by atoms with van der Waals surface area (Å²) in [6.07, 6.45) is 0.271. The predicted octanol–water partition coefficient (Wildman–Crippen LogP) is 4.15. The van der Waals surface area contributed by atoms with Gasteiger partial charge in [-0.05, 0) is 36.5 Å². The van der Waals surface area contributed by atoms with Crippen LogP contribution in [0.3, 0.4) is 0 Å². The summed E-state index contributed by atoms with van der Waals surface area (Å²) in [4.78, 5) is 12.3. The van der Waals surface area contributed by atoms with E-state index in [1.165, 1.54) is 12.1 Å². The fourth-order valence-electron chi connectivity index (χ4n) is 2.46. The number of rotatable bonds is 8. The van der Waals surface area contributed by atoms with E-state index in [4.69, 9.17) is 4.74 Å². The van der Waals surface area contributed by atoms with Crippen molar-refractivity contribution in [3.05, 3.63) is 66.2 Å². The van der Waals surface area contributed by atoms with Gasteiger partial charge in [-0.3, -0.25) is 0 Å². The van der Waals surface area contributed by atoms with Crippen LogP contribution >= 0.6 is 0 Å². The maximum atomic E-state index is 12.9. The van der Waals surface area contributed by atoms with Gasteiger partial charge in [-0.2, -0.15) is 0 Å². The number of carbonyl (C=O) groups excluding carboxylic acids is 1. The van der Waals surface area contributed by atoms with Crippen LogP contribution in [0.1, 0.15) is 32.3 Å². The molecule has 1 unspecified atom stereocenters. The van der Waals surface area contributed by atoms with Crippen molar-refractivity contribution in [1.82, 2.24) is 5.32 Å². The molecule has 0 radical (unpaired) electrons. The molecular weight excluding hydrogens is 350 g/mol. The molecule has 0 aliphatic carbocycles. The van der Waals surface area contributed by atoms with E-state index in [2.05, 4.69) is 5.32 Å². The first-order chi connectivity index (χ1) is 12.4. The summed E-state index contributed by atoms with van der Waals surface area (Å²) in [5.74, 6) is 0.325. The molecule has 2 rings (SSSR count). The van der Waals surface area contributed by atoms with Gasteiger partial charge in [0.15, 0.2) is 9.84 Å². The van der Waals surface area contributed by atoms with Gasteiger partial charge in [-0.1, -0.05) is 62.4 Å². The first kappa shape index (κ1) is 20.0. The van der Waals surface area contributed by atoms with Crippen molar-refractivity contribution in [1.29, 1.82) is 0 Å². The van der Waals surface area contributed by atoms with E-state index >= 15 is 0 Å². The van der Waals surface area contributed by atoms with E-state index in [9.17, 15) is 13.2 Å². The predicted molar refractivity (Wildman–Crippen MR) is 101 cm³/mol. The highest BCUT2D eigenvalue weighted by atomic mass is 32.2. The summed E-state index contributed by atoms with van der Waals surface area (Å²) in [5.41, 5.74) is 0.840. The van der Waals surface area contributed by atoms with Crippen molar-refractivity contribution in [3.8, 4) is 0 Å². The molecule has 1 atom stereocenters. The molecule has 0 saturated carbocycles. The summed E-state index contributed by atoms with van der Waals surface area (Å²) < 4.78 is 31.0. The number of amides is 1. The lowest BCUT2D eigenvalue weighted by molar-refractivity contribution is 0.138. The van der Waals surface area contributed by atoms with Gasteiger partial charge in [0.2, 0.25) is 0 Å². The molecule has 1 N–H and O–H groups in total. The van der Waals surface area contributed by atoms with Crippen LogP contribution in [0.4, 0.5) is 4.79 Å². The Hall–Kier alpha value is -2.34. The van der Waals surface area contributed by atoms with Crippen LogP contribution in [0.5, 0.6) is 0 Å². The minimum absolute atomic E-state index is 0.0922. The average molecular weight is 375 g/mol. The summed E-state index contributed by atoms with van der Waals surface area (Å²) in [5, 5.41) is 1.51. The Kier molecular flexibility index (Phi) is 7.21. The molecule has 0 aromatic heterocycles. The van der Waals surface area contributed by atoms with Crippen LogP contribution < -0.4 is 5.32 Å². The fraction of sp³-hybridized carbons (Fsp3) is 0.350. The van der Waals surface area contributed by atoms with Crippen molar-refractivity contribution in [3.63, 3.8) is 0 Å². The second-order valence-electron chi connectivity index (χ2n) is 6.52. The SMILES string of the molecule is CC(C)CCC(NC(=O)OCc1ccccc1)S(=O)(=O)c1ccccc1. The molecule has 0 saturated heterocycles. The molecule has 5 nitrogen and oxygen atoms in total.